The minimum absolute atomic E-state index is 0.122. The molecule has 144 valence electrons. The third kappa shape index (κ3) is 3.75. The second kappa shape index (κ2) is 7.40. The highest BCUT2D eigenvalue weighted by molar-refractivity contribution is 7.89. The van der Waals surface area contributed by atoms with Crippen LogP contribution in [-0.2, 0) is 23.5 Å². The lowest BCUT2D eigenvalue weighted by molar-refractivity contribution is 0.356. The van der Waals surface area contributed by atoms with Gasteiger partial charge in [-0.2, -0.15) is 9.40 Å². The molecule has 0 bridgehead atoms. The van der Waals surface area contributed by atoms with E-state index in [1.54, 1.807) is 24.8 Å². The summed E-state index contributed by atoms with van der Waals surface area (Å²) in [5.41, 5.74) is 3.78. The Kier molecular flexibility index (Phi) is 5.35. The fraction of sp³-hybridized carbons (Fsp3) is 0.400. The van der Waals surface area contributed by atoms with Crippen molar-refractivity contribution in [3.05, 3.63) is 53.3 Å². The van der Waals surface area contributed by atoms with Crippen molar-refractivity contribution in [2.45, 2.75) is 44.6 Å². The first kappa shape index (κ1) is 19.5. The molecule has 0 radical (unpaired) electrons. The number of rotatable bonds is 6. The molecule has 1 aromatic carbocycles. The highest BCUT2D eigenvalue weighted by atomic mass is 32.2. The zero-order chi connectivity index (χ0) is 19.8. The summed E-state index contributed by atoms with van der Waals surface area (Å²) in [6.07, 6.45) is 2.83. The van der Waals surface area contributed by atoms with Crippen molar-refractivity contribution in [3.63, 3.8) is 0 Å². The molecule has 0 fully saturated rings. The predicted molar refractivity (Wildman–Crippen MR) is 107 cm³/mol. The Labute approximate surface area is 160 Å². The molecular formula is C20H26N4O2S. The second-order valence-corrected chi connectivity index (χ2v) is 9.02. The van der Waals surface area contributed by atoms with Crippen LogP contribution in [0.1, 0.15) is 30.2 Å². The highest BCUT2D eigenvalue weighted by Crippen LogP contribution is 2.24. The van der Waals surface area contributed by atoms with Gasteiger partial charge in [-0.25, -0.2) is 13.4 Å². The zero-order valence-electron chi connectivity index (χ0n) is 16.5. The Balaban J connectivity index is 1.92. The van der Waals surface area contributed by atoms with E-state index in [9.17, 15) is 8.42 Å². The van der Waals surface area contributed by atoms with E-state index in [1.807, 2.05) is 20.8 Å². The largest absolute Gasteiger partial charge is 0.250 e. The van der Waals surface area contributed by atoms with Crippen LogP contribution in [-0.4, -0.2) is 40.6 Å². The van der Waals surface area contributed by atoms with Crippen molar-refractivity contribution in [2.75, 3.05) is 7.05 Å². The summed E-state index contributed by atoms with van der Waals surface area (Å²) in [5.74, 6) is 0. The van der Waals surface area contributed by atoms with Gasteiger partial charge in [-0.3, -0.25) is 4.68 Å². The van der Waals surface area contributed by atoms with Crippen molar-refractivity contribution in [3.8, 4) is 0 Å². The number of aryl methyl sites for hydroxylation is 3. The van der Waals surface area contributed by atoms with E-state index in [0.717, 1.165) is 23.1 Å². The first-order valence-corrected chi connectivity index (χ1v) is 10.5. The maximum absolute atomic E-state index is 13.2. The number of hydrogen-bond acceptors (Lipinski definition) is 4. The van der Waals surface area contributed by atoms with E-state index in [-0.39, 0.29) is 10.9 Å². The van der Waals surface area contributed by atoms with E-state index in [4.69, 9.17) is 0 Å². The second-order valence-electron chi connectivity index (χ2n) is 7.02. The van der Waals surface area contributed by atoms with Gasteiger partial charge in [-0.1, -0.05) is 36.8 Å². The van der Waals surface area contributed by atoms with Gasteiger partial charge in [0.15, 0.2) is 5.65 Å². The predicted octanol–water partition coefficient (Wildman–Crippen LogP) is 3.23. The number of benzene rings is 1. The molecule has 27 heavy (non-hydrogen) atoms. The number of hydrogen-bond donors (Lipinski definition) is 0. The number of nitrogens with zero attached hydrogens (tertiary/aromatic N) is 4. The van der Waals surface area contributed by atoms with Gasteiger partial charge in [-0.05, 0) is 38.3 Å². The van der Waals surface area contributed by atoms with Crippen LogP contribution in [0.5, 0.6) is 0 Å². The van der Waals surface area contributed by atoms with Crippen LogP contribution in [0.4, 0.5) is 0 Å². The van der Waals surface area contributed by atoms with Crippen LogP contribution < -0.4 is 0 Å². The van der Waals surface area contributed by atoms with Crippen molar-refractivity contribution in [2.24, 2.45) is 7.05 Å². The first-order chi connectivity index (χ1) is 12.7. The molecule has 1 atom stereocenters. The summed E-state index contributed by atoms with van der Waals surface area (Å²) >= 11 is 0. The van der Waals surface area contributed by atoms with Crippen molar-refractivity contribution in [1.82, 2.24) is 19.1 Å². The van der Waals surface area contributed by atoms with Crippen LogP contribution in [0, 0.1) is 13.8 Å². The van der Waals surface area contributed by atoms with E-state index in [2.05, 4.69) is 34.3 Å². The van der Waals surface area contributed by atoms with Gasteiger partial charge in [0.1, 0.15) is 4.90 Å². The van der Waals surface area contributed by atoms with Gasteiger partial charge >= 0.3 is 0 Å². The molecule has 0 amide bonds. The monoisotopic (exact) mass is 386 g/mol. The zero-order valence-corrected chi connectivity index (χ0v) is 17.3. The van der Waals surface area contributed by atoms with Gasteiger partial charge in [-0.15, -0.1) is 0 Å². The number of aromatic nitrogens is 3. The van der Waals surface area contributed by atoms with Gasteiger partial charge < -0.3 is 0 Å². The van der Waals surface area contributed by atoms with Crippen LogP contribution in [0.3, 0.4) is 0 Å². The van der Waals surface area contributed by atoms with Gasteiger partial charge in [0, 0.05) is 31.7 Å². The molecule has 3 rings (SSSR count). The van der Waals surface area contributed by atoms with Gasteiger partial charge in [0.25, 0.3) is 0 Å². The molecule has 7 heteroatoms. The molecule has 3 aromatic rings. The SMILES string of the molecule is CCC(Cc1ccc(C)cc1)N(C)S(=O)(=O)c1cnc2c(c1)c(C)nn2C. The fourth-order valence-electron chi connectivity index (χ4n) is 3.32. The minimum atomic E-state index is -3.64. The molecule has 0 N–H and O–H groups in total. The summed E-state index contributed by atoms with van der Waals surface area (Å²) in [7, 11) is -0.190. The quantitative estimate of drug-likeness (QED) is 0.652. The van der Waals surface area contributed by atoms with E-state index < -0.39 is 10.0 Å². The van der Waals surface area contributed by atoms with Gasteiger partial charge in [0.05, 0.1) is 5.69 Å². The summed E-state index contributed by atoms with van der Waals surface area (Å²) in [6.45, 7) is 5.91. The van der Waals surface area contributed by atoms with E-state index in [0.29, 0.717) is 12.1 Å². The van der Waals surface area contributed by atoms with Crippen LogP contribution in [0.15, 0.2) is 41.4 Å². The number of sulfonamides is 1. The highest BCUT2D eigenvalue weighted by Gasteiger charge is 2.28. The Morgan fingerprint density at radius 1 is 1.19 bits per heavy atom. The molecule has 2 heterocycles. The van der Waals surface area contributed by atoms with Crippen molar-refractivity contribution >= 4 is 21.1 Å². The maximum atomic E-state index is 13.2. The number of fused-ring (bicyclic) bond motifs is 1. The van der Waals surface area contributed by atoms with Crippen LogP contribution >= 0.6 is 0 Å². The smallest absolute Gasteiger partial charge is 0.244 e. The third-order valence-electron chi connectivity index (χ3n) is 5.09. The average molecular weight is 387 g/mol. The van der Waals surface area contributed by atoms with Crippen LogP contribution in [0.2, 0.25) is 0 Å². The summed E-state index contributed by atoms with van der Waals surface area (Å²) in [4.78, 5) is 4.53. The molecule has 0 aliphatic carbocycles. The fourth-order valence-corrected chi connectivity index (χ4v) is 4.72. The van der Waals surface area contributed by atoms with Gasteiger partial charge in [0.2, 0.25) is 10.0 Å². The van der Waals surface area contributed by atoms with Crippen LogP contribution in [0.25, 0.3) is 11.0 Å². The van der Waals surface area contributed by atoms with E-state index in [1.165, 1.54) is 16.1 Å². The van der Waals surface area contributed by atoms with Crippen molar-refractivity contribution < 1.29 is 8.42 Å². The Morgan fingerprint density at radius 2 is 1.85 bits per heavy atom. The first-order valence-electron chi connectivity index (χ1n) is 9.07. The normalized spacial score (nSPS) is 13.4. The Bertz CT molecular complexity index is 1060. The molecule has 0 saturated heterocycles. The number of likely N-dealkylation sites (N-methyl/N-ethyl adjacent to an activating group) is 1. The summed E-state index contributed by atoms with van der Waals surface area (Å²) in [6, 6.07) is 9.79. The molecular weight excluding hydrogens is 360 g/mol. The average Bonchev–Trinajstić information content (AvgIpc) is 2.94. The Morgan fingerprint density at radius 3 is 2.48 bits per heavy atom. The molecule has 0 aliphatic heterocycles. The molecule has 1 unspecified atom stereocenters. The standard InChI is InChI=1S/C20H26N4O2S/c1-6-17(11-16-9-7-14(2)8-10-16)24(5)27(25,26)18-12-19-15(3)22-23(4)20(19)21-13-18/h7-10,12-13,17H,6,11H2,1-5H3. The lowest BCUT2D eigenvalue weighted by atomic mass is 10.0. The molecule has 6 nitrogen and oxygen atoms in total. The molecule has 0 saturated carbocycles. The Hall–Kier alpha value is -2.25. The minimum Gasteiger partial charge on any atom is -0.250 e. The van der Waals surface area contributed by atoms with E-state index >= 15 is 0 Å². The number of pyridine rings is 1. The van der Waals surface area contributed by atoms with Crippen molar-refractivity contribution in [1.29, 1.82) is 0 Å². The molecule has 0 aliphatic rings. The topological polar surface area (TPSA) is 68.1 Å². The lowest BCUT2D eigenvalue weighted by Crippen LogP contribution is -2.38. The summed E-state index contributed by atoms with van der Waals surface area (Å²) in [5, 5.41) is 5.08. The lowest BCUT2D eigenvalue weighted by Gasteiger charge is -2.26. The summed E-state index contributed by atoms with van der Waals surface area (Å²) < 4.78 is 29.5. The maximum Gasteiger partial charge on any atom is 0.244 e. The molecule has 0 spiro atoms. The third-order valence-corrected chi connectivity index (χ3v) is 6.97. The molecule has 2 aromatic heterocycles.